The topological polar surface area (TPSA) is 95.9 Å². The van der Waals surface area contributed by atoms with Gasteiger partial charge in [-0.3, -0.25) is 9.59 Å². The first-order valence-electron chi connectivity index (χ1n) is 36.8. The van der Waals surface area contributed by atoms with Crippen LogP contribution in [0.25, 0.3) is 0 Å². The average molecular weight is 1120 g/mol. The molecular formula is C73H145NO5. The summed E-state index contributed by atoms with van der Waals surface area (Å²) >= 11 is 0. The van der Waals surface area contributed by atoms with Gasteiger partial charge in [0.1, 0.15) is 0 Å². The highest BCUT2D eigenvalue weighted by atomic mass is 16.5. The predicted molar refractivity (Wildman–Crippen MR) is 347 cm³/mol. The third-order valence-corrected chi connectivity index (χ3v) is 17.7. The molecule has 79 heavy (non-hydrogen) atoms. The summed E-state index contributed by atoms with van der Waals surface area (Å²) in [5, 5.41) is 23.4. The van der Waals surface area contributed by atoms with Crippen LogP contribution in [0.15, 0.2) is 0 Å². The van der Waals surface area contributed by atoms with Crippen LogP contribution in [-0.4, -0.2) is 47.4 Å². The van der Waals surface area contributed by atoms with Gasteiger partial charge in [0.25, 0.3) is 0 Å². The molecule has 0 aliphatic rings. The van der Waals surface area contributed by atoms with Crippen molar-refractivity contribution < 1.29 is 24.5 Å². The third-order valence-electron chi connectivity index (χ3n) is 17.7. The Morgan fingerprint density at radius 1 is 0.304 bits per heavy atom. The molecule has 2 unspecified atom stereocenters. The predicted octanol–water partition coefficient (Wildman–Crippen LogP) is 23.8. The largest absolute Gasteiger partial charge is 0.466 e. The molecule has 6 heteroatoms. The molecule has 0 saturated heterocycles. The fourth-order valence-corrected chi connectivity index (χ4v) is 12.1. The second-order valence-electron chi connectivity index (χ2n) is 25.6. The molecule has 0 spiro atoms. The minimum atomic E-state index is -0.662. The Balaban J connectivity index is 3.33. The number of hydrogen-bond acceptors (Lipinski definition) is 5. The maximum Gasteiger partial charge on any atom is 0.305 e. The van der Waals surface area contributed by atoms with E-state index in [2.05, 4.69) is 19.2 Å². The number of rotatable bonds is 70. The van der Waals surface area contributed by atoms with Crippen molar-refractivity contribution in [3.8, 4) is 0 Å². The van der Waals surface area contributed by atoms with Gasteiger partial charge in [0.05, 0.1) is 25.4 Å². The van der Waals surface area contributed by atoms with Crippen LogP contribution >= 0.6 is 0 Å². The Bertz CT molecular complexity index is 1150. The molecule has 0 aromatic heterocycles. The van der Waals surface area contributed by atoms with E-state index in [0.29, 0.717) is 25.9 Å². The van der Waals surface area contributed by atoms with Crippen molar-refractivity contribution in [2.24, 2.45) is 0 Å². The summed E-state index contributed by atoms with van der Waals surface area (Å²) in [7, 11) is 0. The van der Waals surface area contributed by atoms with Gasteiger partial charge in [-0.25, -0.2) is 0 Å². The third kappa shape index (κ3) is 65.9. The molecule has 0 radical (unpaired) electrons. The summed E-state index contributed by atoms with van der Waals surface area (Å²) < 4.78 is 5.49. The lowest BCUT2D eigenvalue weighted by Gasteiger charge is -2.22. The van der Waals surface area contributed by atoms with Crippen LogP contribution in [0.3, 0.4) is 0 Å². The minimum Gasteiger partial charge on any atom is -0.466 e. The first kappa shape index (κ1) is 77.9. The zero-order valence-corrected chi connectivity index (χ0v) is 54.2. The number of amides is 1. The number of carbonyl (C=O) groups is 2. The normalized spacial score (nSPS) is 12.4. The van der Waals surface area contributed by atoms with Crippen molar-refractivity contribution in [3.05, 3.63) is 0 Å². The number of esters is 1. The van der Waals surface area contributed by atoms with Crippen LogP contribution in [0.4, 0.5) is 0 Å². The number of aliphatic hydroxyl groups is 2. The number of nitrogens with one attached hydrogen (secondary N) is 1. The van der Waals surface area contributed by atoms with Crippen molar-refractivity contribution >= 4 is 11.9 Å². The van der Waals surface area contributed by atoms with E-state index in [1.165, 1.54) is 360 Å². The Labute approximate surface area is 496 Å². The quantitative estimate of drug-likeness (QED) is 0.0417. The highest BCUT2D eigenvalue weighted by molar-refractivity contribution is 5.76. The lowest BCUT2D eigenvalue weighted by Crippen LogP contribution is -2.45. The van der Waals surface area contributed by atoms with E-state index in [4.69, 9.17) is 4.74 Å². The highest BCUT2D eigenvalue weighted by Crippen LogP contribution is 2.20. The van der Waals surface area contributed by atoms with Gasteiger partial charge < -0.3 is 20.3 Å². The molecule has 0 aromatic carbocycles. The van der Waals surface area contributed by atoms with Crippen LogP contribution < -0.4 is 5.32 Å². The fraction of sp³-hybridized carbons (Fsp3) is 0.973. The molecular weight excluding hydrogens is 971 g/mol. The average Bonchev–Trinajstić information content (AvgIpc) is 3.45. The van der Waals surface area contributed by atoms with E-state index in [1.807, 2.05) is 0 Å². The van der Waals surface area contributed by atoms with Crippen molar-refractivity contribution in [3.63, 3.8) is 0 Å². The maximum atomic E-state index is 12.6. The second kappa shape index (κ2) is 69.4. The second-order valence-corrected chi connectivity index (χ2v) is 25.6. The van der Waals surface area contributed by atoms with Crippen LogP contribution in [-0.2, 0) is 14.3 Å². The zero-order chi connectivity index (χ0) is 57.1. The maximum absolute atomic E-state index is 12.6. The first-order chi connectivity index (χ1) is 39.0. The number of unbranched alkanes of at least 4 members (excludes halogenated alkanes) is 59. The summed E-state index contributed by atoms with van der Waals surface area (Å²) in [6, 6.07) is -0.538. The van der Waals surface area contributed by atoms with Gasteiger partial charge in [0.15, 0.2) is 0 Å². The summed E-state index contributed by atoms with van der Waals surface area (Å²) in [4.78, 5) is 24.6. The van der Waals surface area contributed by atoms with Crippen molar-refractivity contribution in [2.75, 3.05) is 13.2 Å². The minimum absolute atomic E-state index is 0.0215. The molecule has 6 nitrogen and oxygen atoms in total. The van der Waals surface area contributed by atoms with E-state index >= 15 is 0 Å². The summed E-state index contributed by atoms with van der Waals surface area (Å²) in [6.45, 7) is 5.01. The molecule has 0 saturated carbocycles. The van der Waals surface area contributed by atoms with Gasteiger partial charge in [0, 0.05) is 12.8 Å². The smallest absolute Gasteiger partial charge is 0.305 e. The molecule has 0 aliphatic heterocycles. The Morgan fingerprint density at radius 2 is 0.519 bits per heavy atom. The molecule has 472 valence electrons. The number of hydrogen-bond donors (Lipinski definition) is 3. The van der Waals surface area contributed by atoms with E-state index in [0.717, 1.165) is 38.5 Å². The Morgan fingerprint density at radius 3 is 0.772 bits per heavy atom. The molecule has 3 N–H and O–H groups in total. The number of ether oxygens (including phenoxy) is 1. The molecule has 0 aromatic rings. The van der Waals surface area contributed by atoms with Gasteiger partial charge in [-0.2, -0.15) is 0 Å². The van der Waals surface area contributed by atoms with Crippen molar-refractivity contribution in [1.82, 2.24) is 5.32 Å². The summed E-state index contributed by atoms with van der Waals surface area (Å²) in [6.07, 6.45) is 84.5. The fourth-order valence-electron chi connectivity index (χ4n) is 12.1. The van der Waals surface area contributed by atoms with Crippen LogP contribution in [0.2, 0.25) is 0 Å². The molecule has 1 amide bonds. The van der Waals surface area contributed by atoms with Gasteiger partial charge in [0.2, 0.25) is 5.91 Å². The van der Waals surface area contributed by atoms with Gasteiger partial charge in [-0.05, 0) is 25.7 Å². The monoisotopic (exact) mass is 1120 g/mol. The van der Waals surface area contributed by atoms with E-state index in [-0.39, 0.29) is 18.5 Å². The number of aliphatic hydroxyl groups excluding tert-OH is 2. The Hall–Kier alpha value is -1.14. The van der Waals surface area contributed by atoms with Crippen LogP contribution in [0.5, 0.6) is 0 Å². The lowest BCUT2D eigenvalue weighted by molar-refractivity contribution is -0.143. The summed E-state index contributed by atoms with van der Waals surface area (Å²) in [5.74, 6) is -0.00423. The summed E-state index contributed by atoms with van der Waals surface area (Å²) in [5.41, 5.74) is 0. The van der Waals surface area contributed by atoms with Gasteiger partial charge >= 0.3 is 5.97 Å². The van der Waals surface area contributed by atoms with Gasteiger partial charge in [-0.1, -0.05) is 393 Å². The van der Waals surface area contributed by atoms with Crippen LogP contribution in [0.1, 0.15) is 431 Å². The number of carbonyl (C=O) groups excluding carboxylic acids is 2. The van der Waals surface area contributed by atoms with Gasteiger partial charge in [-0.15, -0.1) is 0 Å². The zero-order valence-electron chi connectivity index (χ0n) is 54.2. The highest BCUT2D eigenvalue weighted by Gasteiger charge is 2.20. The van der Waals surface area contributed by atoms with E-state index < -0.39 is 12.1 Å². The molecule has 2 atom stereocenters. The van der Waals surface area contributed by atoms with Crippen molar-refractivity contribution in [1.29, 1.82) is 0 Å². The molecule has 0 rings (SSSR count). The van der Waals surface area contributed by atoms with E-state index in [1.54, 1.807) is 0 Å². The molecule has 0 bridgehead atoms. The lowest BCUT2D eigenvalue weighted by atomic mass is 10.0. The van der Waals surface area contributed by atoms with Crippen molar-refractivity contribution in [2.45, 2.75) is 443 Å². The first-order valence-corrected chi connectivity index (χ1v) is 36.8. The SMILES string of the molecule is CCCCCCCCCCCCCCCCCCCCCCCC(O)C(CO)NC(=O)CCCCCCCCCCCCCCCCCCCCCCCCCCCCCCCOC(=O)CCCCCCCCCCCCCC. The van der Waals surface area contributed by atoms with Crippen LogP contribution in [0, 0.1) is 0 Å². The van der Waals surface area contributed by atoms with E-state index in [9.17, 15) is 19.8 Å². The Kier molecular flexibility index (Phi) is 68.4. The standard InChI is InChI=1S/C73H145NO5/c1-3-5-7-9-11-13-15-17-18-19-20-30-33-36-39-42-45-49-53-57-61-65-71(76)70(69-75)74-72(77)66-62-58-54-50-46-43-40-37-34-31-28-26-24-22-21-23-25-27-29-32-35-38-41-44-48-52-56-60-64-68-79-73(78)67-63-59-55-51-47-16-14-12-10-8-6-4-2/h70-71,75-76H,3-69H2,1-2H3,(H,74,77). The molecule has 0 fully saturated rings. The molecule has 0 heterocycles. The molecule has 0 aliphatic carbocycles.